The van der Waals surface area contributed by atoms with Gasteiger partial charge in [-0.05, 0) is 65.9 Å². The SMILES string of the molecule is CCO[C@H](C)COCc1ccc(Br)c(OCCOSCCC[Si])c1. The molecule has 1 aromatic rings. The molecule has 1 rings (SSSR count). The fourth-order valence-electron chi connectivity index (χ4n) is 1.86. The van der Waals surface area contributed by atoms with E-state index < -0.39 is 0 Å². The second-order valence-electron chi connectivity index (χ2n) is 5.14. The Bertz CT molecular complexity index is 451. The summed E-state index contributed by atoms with van der Waals surface area (Å²) in [6.07, 6.45) is 1.21. The van der Waals surface area contributed by atoms with Gasteiger partial charge in [0.05, 0.1) is 30.4 Å². The van der Waals surface area contributed by atoms with E-state index in [-0.39, 0.29) is 6.10 Å². The summed E-state index contributed by atoms with van der Waals surface area (Å²) in [5.74, 6) is 1.79. The Morgan fingerprint density at radius 2 is 2.12 bits per heavy atom. The van der Waals surface area contributed by atoms with Gasteiger partial charge in [0.1, 0.15) is 12.4 Å². The van der Waals surface area contributed by atoms with E-state index in [9.17, 15) is 0 Å². The second kappa shape index (κ2) is 14.2. The Morgan fingerprint density at radius 1 is 1.29 bits per heavy atom. The lowest BCUT2D eigenvalue weighted by atomic mass is 10.2. The van der Waals surface area contributed by atoms with Crippen LogP contribution in [0.15, 0.2) is 22.7 Å². The summed E-state index contributed by atoms with van der Waals surface area (Å²) in [6, 6.07) is 6.99. The van der Waals surface area contributed by atoms with Gasteiger partial charge in [-0.2, -0.15) is 0 Å². The van der Waals surface area contributed by atoms with E-state index in [0.717, 1.165) is 34.0 Å². The highest BCUT2D eigenvalue weighted by Crippen LogP contribution is 2.26. The van der Waals surface area contributed by atoms with Crippen molar-refractivity contribution in [1.82, 2.24) is 0 Å². The normalized spacial score (nSPS) is 12.3. The topological polar surface area (TPSA) is 36.9 Å². The summed E-state index contributed by atoms with van der Waals surface area (Å²) < 4.78 is 23.3. The average molecular weight is 434 g/mol. The Kier molecular flexibility index (Phi) is 13.0. The van der Waals surface area contributed by atoms with Gasteiger partial charge in [0.15, 0.2) is 0 Å². The zero-order chi connectivity index (χ0) is 17.6. The third-order valence-corrected chi connectivity index (χ3v) is 4.78. The van der Waals surface area contributed by atoms with Gasteiger partial charge in [-0.15, -0.1) is 0 Å². The molecular weight excluding hydrogens is 408 g/mol. The van der Waals surface area contributed by atoms with Crippen molar-refractivity contribution in [2.45, 2.75) is 39.0 Å². The van der Waals surface area contributed by atoms with Crippen LogP contribution in [-0.2, 0) is 20.3 Å². The molecule has 0 spiro atoms. The summed E-state index contributed by atoms with van der Waals surface area (Å²) >= 11 is 4.99. The molecule has 24 heavy (non-hydrogen) atoms. The molecule has 0 aliphatic rings. The van der Waals surface area contributed by atoms with E-state index in [1.165, 1.54) is 12.0 Å². The van der Waals surface area contributed by atoms with Crippen molar-refractivity contribution in [1.29, 1.82) is 0 Å². The van der Waals surface area contributed by atoms with Crippen LogP contribution in [0, 0.1) is 0 Å². The molecule has 0 N–H and O–H groups in total. The number of benzene rings is 1. The molecule has 4 nitrogen and oxygen atoms in total. The van der Waals surface area contributed by atoms with Crippen molar-refractivity contribution in [3.63, 3.8) is 0 Å². The van der Waals surface area contributed by atoms with E-state index in [4.69, 9.17) is 18.4 Å². The fraction of sp³-hybridized carbons (Fsp3) is 0.647. The van der Waals surface area contributed by atoms with Crippen LogP contribution in [0.25, 0.3) is 0 Å². The van der Waals surface area contributed by atoms with Crippen molar-refractivity contribution in [3.8, 4) is 5.75 Å². The highest BCUT2D eigenvalue weighted by atomic mass is 79.9. The molecule has 0 saturated carbocycles. The van der Waals surface area contributed by atoms with E-state index in [0.29, 0.717) is 33.0 Å². The van der Waals surface area contributed by atoms with Crippen LogP contribution in [0.4, 0.5) is 0 Å². The first-order chi connectivity index (χ1) is 11.7. The smallest absolute Gasteiger partial charge is 0.133 e. The van der Waals surface area contributed by atoms with Gasteiger partial charge >= 0.3 is 0 Å². The summed E-state index contributed by atoms with van der Waals surface area (Å²) in [5.41, 5.74) is 1.07. The third-order valence-electron chi connectivity index (χ3n) is 2.98. The highest BCUT2D eigenvalue weighted by molar-refractivity contribution is 9.10. The summed E-state index contributed by atoms with van der Waals surface area (Å²) in [5, 5.41) is 0. The van der Waals surface area contributed by atoms with Crippen LogP contribution < -0.4 is 4.74 Å². The molecule has 0 saturated heterocycles. The summed E-state index contributed by atoms with van der Waals surface area (Å²) in [4.78, 5) is 0. The number of ether oxygens (including phenoxy) is 3. The minimum atomic E-state index is 0.111. The van der Waals surface area contributed by atoms with Gasteiger partial charge in [-0.25, -0.2) is 0 Å². The number of rotatable bonds is 14. The molecule has 0 aliphatic heterocycles. The number of halogens is 1. The van der Waals surface area contributed by atoms with Gasteiger partial charge in [0.25, 0.3) is 0 Å². The molecule has 1 atom stereocenters. The molecule has 0 amide bonds. The molecule has 0 aliphatic carbocycles. The van der Waals surface area contributed by atoms with Crippen molar-refractivity contribution >= 4 is 38.2 Å². The molecule has 0 unspecified atom stereocenters. The Morgan fingerprint density at radius 3 is 2.88 bits per heavy atom. The van der Waals surface area contributed by atoms with Gasteiger partial charge < -0.3 is 18.4 Å². The monoisotopic (exact) mass is 433 g/mol. The highest BCUT2D eigenvalue weighted by Gasteiger charge is 2.05. The summed E-state index contributed by atoms with van der Waals surface area (Å²) in [6.45, 7) is 6.90. The van der Waals surface area contributed by atoms with Crippen LogP contribution in [0.1, 0.15) is 25.8 Å². The standard InChI is InChI=1S/C17H26BrO4SSi/c1-3-20-14(2)12-19-13-15-5-6-16(18)17(11-15)21-7-8-22-23-9-4-10-24/h5-6,11,14H,3-4,7-10,12-13H2,1-2H3/t14-/m1/s1. The van der Waals surface area contributed by atoms with Crippen molar-refractivity contribution in [2.75, 3.05) is 32.2 Å². The average Bonchev–Trinajstić information content (AvgIpc) is 2.57. The minimum Gasteiger partial charge on any atom is -0.490 e. The molecule has 135 valence electrons. The first-order valence-electron chi connectivity index (χ1n) is 8.17. The van der Waals surface area contributed by atoms with Gasteiger partial charge in [0, 0.05) is 22.6 Å². The quantitative estimate of drug-likeness (QED) is 0.246. The van der Waals surface area contributed by atoms with Crippen molar-refractivity contribution in [2.24, 2.45) is 0 Å². The minimum absolute atomic E-state index is 0.111. The molecule has 3 radical (unpaired) electrons. The summed E-state index contributed by atoms with van der Waals surface area (Å²) in [7, 11) is 3.44. The molecule has 0 aromatic heterocycles. The van der Waals surface area contributed by atoms with Gasteiger partial charge in [0.2, 0.25) is 0 Å². The molecule has 0 fully saturated rings. The van der Waals surface area contributed by atoms with Crippen LogP contribution >= 0.6 is 28.0 Å². The third kappa shape index (κ3) is 10.1. The molecule has 1 aromatic carbocycles. The van der Waals surface area contributed by atoms with Crippen LogP contribution in [0.2, 0.25) is 6.04 Å². The Balaban J connectivity index is 2.29. The Labute approximate surface area is 161 Å². The first kappa shape index (κ1) is 22.0. The lowest BCUT2D eigenvalue weighted by Crippen LogP contribution is -2.15. The predicted molar refractivity (Wildman–Crippen MR) is 104 cm³/mol. The molecular formula is C17H26BrO4SSi. The molecule has 7 heteroatoms. The predicted octanol–water partition coefficient (Wildman–Crippen LogP) is 4.41. The first-order valence-corrected chi connectivity index (χ1v) is 10.6. The maximum Gasteiger partial charge on any atom is 0.133 e. The number of hydrogen-bond acceptors (Lipinski definition) is 5. The van der Waals surface area contributed by atoms with Crippen molar-refractivity contribution in [3.05, 3.63) is 28.2 Å². The number of hydrogen-bond donors (Lipinski definition) is 0. The van der Waals surface area contributed by atoms with Crippen LogP contribution in [0.5, 0.6) is 5.75 Å². The van der Waals surface area contributed by atoms with E-state index in [1.807, 2.05) is 32.0 Å². The van der Waals surface area contributed by atoms with Gasteiger partial charge in [-0.1, -0.05) is 12.1 Å². The fourth-order valence-corrected chi connectivity index (χ4v) is 3.22. The van der Waals surface area contributed by atoms with Crippen molar-refractivity contribution < 1.29 is 18.4 Å². The Hall–Kier alpha value is -0.0531. The van der Waals surface area contributed by atoms with E-state index in [2.05, 4.69) is 26.2 Å². The lowest BCUT2D eigenvalue weighted by Gasteiger charge is -2.13. The van der Waals surface area contributed by atoms with Crippen LogP contribution in [-0.4, -0.2) is 48.5 Å². The van der Waals surface area contributed by atoms with E-state index in [1.54, 1.807) is 0 Å². The van der Waals surface area contributed by atoms with Gasteiger partial charge in [-0.3, -0.25) is 0 Å². The van der Waals surface area contributed by atoms with E-state index >= 15 is 0 Å². The zero-order valence-corrected chi connectivity index (χ0v) is 17.8. The molecule has 0 heterocycles. The maximum atomic E-state index is 5.77. The molecule has 0 bridgehead atoms. The second-order valence-corrected chi connectivity index (χ2v) is 7.38. The van der Waals surface area contributed by atoms with Crippen LogP contribution in [0.3, 0.4) is 0 Å². The maximum absolute atomic E-state index is 5.77. The largest absolute Gasteiger partial charge is 0.490 e. The zero-order valence-electron chi connectivity index (χ0n) is 14.4. The lowest BCUT2D eigenvalue weighted by molar-refractivity contribution is -0.00716.